The van der Waals surface area contributed by atoms with Crippen molar-refractivity contribution in [2.24, 2.45) is 0 Å². The quantitative estimate of drug-likeness (QED) is 0.342. The monoisotopic (exact) mass is 553 g/mol. The van der Waals surface area contributed by atoms with Gasteiger partial charge in [0, 0.05) is 33.0 Å². The molecule has 1 atom stereocenters. The molecule has 39 heavy (non-hydrogen) atoms. The number of amides is 2. The third kappa shape index (κ3) is 8.64. The van der Waals surface area contributed by atoms with E-state index in [-0.39, 0.29) is 37.7 Å². The Labute approximate surface area is 230 Å². The van der Waals surface area contributed by atoms with Gasteiger partial charge in [-0.2, -0.15) is 0 Å². The van der Waals surface area contributed by atoms with Crippen molar-refractivity contribution in [2.75, 3.05) is 24.2 Å². The molecule has 3 aromatic carbocycles. The molecule has 0 spiro atoms. The standard InChI is InChI=1S/C30H36FN3O4S/c1-4-23-14-18-27(19-15-23)34(39(3,37)38)20-8-11-29(35)33(22-25-12-16-26(31)17-13-25)28(30(36)32-2)21-24-9-6-5-7-10-24/h5-7,9-10,12-19,28H,4,8,11,20-22H2,1-3H3,(H,32,36)/t28-/m1/s1. The predicted octanol–water partition coefficient (Wildman–Crippen LogP) is 4.32. The third-order valence-electron chi connectivity index (χ3n) is 6.57. The van der Waals surface area contributed by atoms with Crippen molar-refractivity contribution in [1.82, 2.24) is 10.2 Å². The summed E-state index contributed by atoms with van der Waals surface area (Å²) in [5, 5.41) is 2.66. The van der Waals surface area contributed by atoms with Crippen LogP contribution in [0.15, 0.2) is 78.9 Å². The van der Waals surface area contributed by atoms with Crippen LogP contribution in [0.2, 0.25) is 0 Å². The van der Waals surface area contributed by atoms with Gasteiger partial charge in [-0.1, -0.05) is 61.5 Å². The van der Waals surface area contributed by atoms with Crippen molar-refractivity contribution >= 4 is 27.5 Å². The second kappa shape index (κ2) is 13.9. The first-order chi connectivity index (χ1) is 18.6. The van der Waals surface area contributed by atoms with Crippen LogP contribution in [0, 0.1) is 5.82 Å². The fraction of sp³-hybridized carbons (Fsp3) is 0.333. The van der Waals surface area contributed by atoms with Crippen molar-refractivity contribution in [3.05, 3.63) is 101 Å². The second-order valence-electron chi connectivity index (χ2n) is 9.43. The summed E-state index contributed by atoms with van der Waals surface area (Å²) in [5.74, 6) is -1.00. The average molecular weight is 554 g/mol. The Kier molecular flexibility index (Phi) is 10.6. The maximum atomic E-state index is 13.6. The van der Waals surface area contributed by atoms with Crippen molar-refractivity contribution in [3.8, 4) is 0 Å². The molecule has 0 heterocycles. The molecule has 3 aromatic rings. The van der Waals surface area contributed by atoms with Crippen LogP contribution < -0.4 is 9.62 Å². The van der Waals surface area contributed by atoms with Crippen LogP contribution in [0.3, 0.4) is 0 Å². The van der Waals surface area contributed by atoms with Gasteiger partial charge in [0.25, 0.3) is 0 Å². The number of anilines is 1. The van der Waals surface area contributed by atoms with Crippen LogP contribution in [-0.4, -0.2) is 51.0 Å². The van der Waals surface area contributed by atoms with Gasteiger partial charge in [0.2, 0.25) is 21.8 Å². The molecule has 1 N–H and O–H groups in total. The van der Waals surface area contributed by atoms with E-state index in [1.807, 2.05) is 49.4 Å². The van der Waals surface area contributed by atoms with Crippen LogP contribution in [0.4, 0.5) is 10.1 Å². The van der Waals surface area contributed by atoms with Crippen LogP contribution >= 0.6 is 0 Å². The fourth-order valence-corrected chi connectivity index (χ4v) is 5.37. The highest BCUT2D eigenvalue weighted by Gasteiger charge is 2.30. The molecular formula is C30H36FN3O4S. The smallest absolute Gasteiger partial charge is 0.242 e. The van der Waals surface area contributed by atoms with E-state index >= 15 is 0 Å². The van der Waals surface area contributed by atoms with Gasteiger partial charge in [-0.15, -0.1) is 0 Å². The van der Waals surface area contributed by atoms with Crippen molar-refractivity contribution < 1.29 is 22.4 Å². The first-order valence-electron chi connectivity index (χ1n) is 13.0. The second-order valence-corrected chi connectivity index (χ2v) is 11.3. The molecule has 0 aliphatic heterocycles. The zero-order chi connectivity index (χ0) is 28.4. The number of hydrogen-bond acceptors (Lipinski definition) is 4. The first-order valence-corrected chi connectivity index (χ1v) is 14.8. The molecule has 0 saturated carbocycles. The Hall–Kier alpha value is -3.72. The number of halogens is 1. The summed E-state index contributed by atoms with van der Waals surface area (Å²) < 4.78 is 39.9. The molecule has 0 saturated heterocycles. The highest BCUT2D eigenvalue weighted by atomic mass is 32.2. The zero-order valence-electron chi connectivity index (χ0n) is 22.6. The molecular weight excluding hydrogens is 517 g/mol. The van der Waals surface area contributed by atoms with Gasteiger partial charge in [0.15, 0.2) is 0 Å². The minimum absolute atomic E-state index is 0.0303. The Morgan fingerprint density at radius 3 is 2.08 bits per heavy atom. The third-order valence-corrected chi connectivity index (χ3v) is 7.76. The summed E-state index contributed by atoms with van der Waals surface area (Å²) in [5.41, 5.74) is 3.21. The summed E-state index contributed by atoms with van der Waals surface area (Å²) in [7, 11) is -2.05. The number of likely N-dealkylation sites (N-methyl/N-ethyl adjacent to an activating group) is 1. The highest BCUT2D eigenvalue weighted by molar-refractivity contribution is 7.92. The van der Waals surface area contributed by atoms with Crippen LogP contribution in [-0.2, 0) is 39.0 Å². The molecule has 9 heteroatoms. The van der Waals surface area contributed by atoms with Crippen molar-refractivity contribution in [2.45, 2.75) is 45.2 Å². The summed E-state index contributed by atoms with van der Waals surface area (Å²) in [6.45, 7) is 2.25. The van der Waals surface area contributed by atoms with Gasteiger partial charge in [-0.3, -0.25) is 13.9 Å². The predicted molar refractivity (Wildman–Crippen MR) is 152 cm³/mol. The molecule has 7 nitrogen and oxygen atoms in total. The van der Waals surface area contributed by atoms with E-state index in [9.17, 15) is 22.4 Å². The Bertz CT molecular complexity index is 1330. The van der Waals surface area contributed by atoms with Gasteiger partial charge in [0.1, 0.15) is 11.9 Å². The lowest BCUT2D eigenvalue weighted by molar-refractivity contribution is -0.141. The van der Waals surface area contributed by atoms with Crippen LogP contribution in [0.5, 0.6) is 0 Å². The number of benzene rings is 3. The molecule has 0 fully saturated rings. The fourth-order valence-electron chi connectivity index (χ4n) is 4.41. The van der Waals surface area contributed by atoms with Crippen LogP contribution in [0.1, 0.15) is 36.5 Å². The number of nitrogens with zero attached hydrogens (tertiary/aromatic N) is 2. The summed E-state index contributed by atoms with van der Waals surface area (Å²) >= 11 is 0. The Morgan fingerprint density at radius 2 is 1.51 bits per heavy atom. The normalized spacial score (nSPS) is 12.0. The van der Waals surface area contributed by atoms with E-state index < -0.39 is 21.9 Å². The molecule has 3 rings (SSSR count). The van der Waals surface area contributed by atoms with E-state index in [0.29, 0.717) is 17.7 Å². The van der Waals surface area contributed by atoms with E-state index in [1.165, 1.54) is 28.4 Å². The number of rotatable bonds is 13. The molecule has 0 aromatic heterocycles. The van der Waals surface area contributed by atoms with Gasteiger partial charge < -0.3 is 10.2 Å². The number of aryl methyl sites for hydroxylation is 1. The summed E-state index contributed by atoms with van der Waals surface area (Å²) in [6, 6.07) is 21.7. The Balaban J connectivity index is 1.82. The SMILES string of the molecule is CCc1ccc(N(CCCC(=O)N(Cc2ccc(F)cc2)[C@H](Cc2ccccc2)C(=O)NC)S(C)(=O)=O)cc1. The summed E-state index contributed by atoms with van der Waals surface area (Å²) in [6.07, 6.45) is 2.57. The molecule has 0 radical (unpaired) electrons. The molecule has 0 unspecified atom stereocenters. The average Bonchev–Trinajstić information content (AvgIpc) is 2.93. The van der Waals surface area contributed by atoms with Crippen LogP contribution in [0.25, 0.3) is 0 Å². The lowest BCUT2D eigenvalue weighted by atomic mass is 10.0. The lowest BCUT2D eigenvalue weighted by Crippen LogP contribution is -2.49. The van der Waals surface area contributed by atoms with Crippen molar-refractivity contribution in [1.29, 1.82) is 0 Å². The van der Waals surface area contributed by atoms with E-state index in [2.05, 4.69) is 5.32 Å². The molecule has 0 aliphatic carbocycles. The van der Waals surface area contributed by atoms with Gasteiger partial charge in [-0.25, -0.2) is 12.8 Å². The number of nitrogens with one attached hydrogen (secondary N) is 1. The van der Waals surface area contributed by atoms with Gasteiger partial charge >= 0.3 is 0 Å². The minimum atomic E-state index is -3.57. The van der Waals surface area contributed by atoms with E-state index in [1.54, 1.807) is 24.3 Å². The number of carbonyl (C=O) groups is 2. The molecule has 2 amide bonds. The molecule has 0 bridgehead atoms. The number of hydrogen-bond donors (Lipinski definition) is 1. The van der Waals surface area contributed by atoms with Gasteiger partial charge in [0.05, 0.1) is 11.9 Å². The van der Waals surface area contributed by atoms with E-state index in [4.69, 9.17) is 0 Å². The molecule has 0 aliphatic rings. The highest BCUT2D eigenvalue weighted by Crippen LogP contribution is 2.21. The van der Waals surface area contributed by atoms with E-state index in [0.717, 1.165) is 23.8 Å². The Morgan fingerprint density at radius 1 is 0.897 bits per heavy atom. The number of sulfonamides is 1. The van der Waals surface area contributed by atoms with Gasteiger partial charge in [-0.05, 0) is 53.8 Å². The lowest BCUT2D eigenvalue weighted by Gasteiger charge is -2.31. The topological polar surface area (TPSA) is 86.8 Å². The maximum absolute atomic E-state index is 13.6. The molecule has 208 valence electrons. The minimum Gasteiger partial charge on any atom is -0.357 e. The van der Waals surface area contributed by atoms with Crippen molar-refractivity contribution in [3.63, 3.8) is 0 Å². The first kappa shape index (κ1) is 29.8. The largest absolute Gasteiger partial charge is 0.357 e. The summed E-state index contributed by atoms with van der Waals surface area (Å²) in [4.78, 5) is 28.1. The zero-order valence-corrected chi connectivity index (χ0v) is 23.5. The maximum Gasteiger partial charge on any atom is 0.242 e. The number of carbonyl (C=O) groups excluding carboxylic acids is 2.